The molecule has 1 aromatic rings. The van der Waals surface area contributed by atoms with Gasteiger partial charge >= 0.3 is 0 Å². The summed E-state index contributed by atoms with van der Waals surface area (Å²) < 4.78 is 1.89. The minimum atomic E-state index is -0.167. The highest BCUT2D eigenvalue weighted by molar-refractivity contribution is 5.81. The van der Waals surface area contributed by atoms with Gasteiger partial charge in [-0.3, -0.25) is 10.1 Å². The molecule has 112 valence electrons. The summed E-state index contributed by atoms with van der Waals surface area (Å²) in [5.74, 6) is 1.09. The van der Waals surface area contributed by atoms with Crippen molar-refractivity contribution in [2.75, 3.05) is 13.1 Å². The summed E-state index contributed by atoms with van der Waals surface area (Å²) in [5, 5.41) is 7.46. The second kappa shape index (κ2) is 7.38. The van der Waals surface area contributed by atoms with Gasteiger partial charge in [-0.2, -0.15) is 5.10 Å². The van der Waals surface area contributed by atoms with Gasteiger partial charge < -0.3 is 4.90 Å². The molecule has 0 bridgehead atoms. The van der Waals surface area contributed by atoms with E-state index in [-0.39, 0.29) is 11.9 Å². The molecule has 1 aromatic heterocycles. The van der Waals surface area contributed by atoms with E-state index in [2.05, 4.69) is 22.3 Å². The fourth-order valence-corrected chi connectivity index (χ4v) is 2.54. The van der Waals surface area contributed by atoms with E-state index in [1.165, 1.54) is 6.42 Å². The minimum absolute atomic E-state index is 0.167. The molecule has 1 unspecified atom stereocenters. The van der Waals surface area contributed by atoms with Crippen molar-refractivity contribution in [3.63, 3.8) is 0 Å². The molecule has 20 heavy (non-hydrogen) atoms. The lowest BCUT2D eigenvalue weighted by atomic mass is 10.1. The Hall–Kier alpha value is -1.43. The summed E-state index contributed by atoms with van der Waals surface area (Å²) in [4.78, 5) is 18.5. The fraction of sp³-hybridized carbons (Fsp3) is 0.786. The average Bonchev–Trinajstić information content (AvgIpc) is 2.92. The smallest absolute Gasteiger partial charge is 0.239 e. The van der Waals surface area contributed by atoms with Gasteiger partial charge in [-0.1, -0.05) is 6.92 Å². The number of likely N-dealkylation sites (tertiary alicyclic amines) is 1. The van der Waals surface area contributed by atoms with E-state index >= 15 is 0 Å². The minimum Gasteiger partial charge on any atom is -0.341 e. The molecule has 6 heteroatoms. The lowest BCUT2D eigenvalue weighted by Gasteiger charge is -2.29. The van der Waals surface area contributed by atoms with Gasteiger partial charge in [0.2, 0.25) is 5.91 Å². The van der Waals surface area contributed by atoms with Gasteiger partial charge in [0.05, 0.1) is 12.6 Å². The van der Waals surface area contributed by atoms with Gasteiger partial charge in [0.15, 0.2) is 0 Å². The molecule has 1 N–H and O–H groups in total. The average molecular weight is 279 g/mol. The Balaban J connectivity index is 1.83. The van der Waals surface area contributed by atoms with E-state index in [0.717, 1.165) is 44.7 Å². The lowest BCUT2D eigenvalue weighted by molar-refractivity contribution is -0.133. The number of nitrogens with one attached hydrogen (secondary N) is 1. The van der Waals surface area contributed by atoms with E-state index in [9.17, 15) is 4.79 Å². The van der Waals surface area contributed by atoms with Crippen molar-refractivity contribution < 1.29 is 4.79 Å². The lowest BCUT2D eigenvalue weighted by Crippen LogP contribution is -2.46. The first kappa shape index (κ1) is 15.0. The molecule has 0 aromatic carbocycles. The molecule has 1 saturated heterocycles. The Kier molecular flexibility index (Phi) is 5.52. The Morgan fingerprint density at radius 1 is 1.40 bits per heavy atom. The molecule has 0 saturated carbocycles. The zero-order valence-corrected chi connectivity index (χ0v) is 12.5. The van der Waals surface area contributed by atoms with Crippen LogP contribution in [0.2, 0.25) is 0 Å². The molecule has 1 aliphatic rings. The summed E-state index contributed by atoms with van der Waals surface area (Å²) >= 11 is 0. The third-order valence-corrected chi connectivity index (χ3v) is 3.74. The maximum absolute atomic E-state index is 12.3. The molecule has 1 atom stereocenters. The van der Waals surface area contributed by atoms with Crippen LogP contribution in [-0.4, -0.2) is 44.7 Å². The molecular weight excluding hydrogens is 254 g/mol. The largest absolute Gasteiger partial charge is 0.341 e. The molecule has 1 fully saturated rings. The van der Waals surface area contributed by atoms with E-state index in [1.54, 1.807) is 6.33 Å². The van der Waals surface area contributed by atoms with Gasteiger partial charge in [-0.25, -0.2) is 9.67 Å². The Morgan fingerprint density at radius 3 is 2.85 bits per heavy atom. The first-order valence-corrected chi connectivity index (χ1v) is 7.61. The van der Waals surface area contributed by atoms with Crippen LogP contribution in [0.1, 0.15) is 45.4 Å². The van der Waals surface area contributed by atoms with Crippen molar-refractivity contribution in [3.05, 3.63) is 12.2 Å². The second-order valence-corrected chi connectivity index (χ2v) is 5.39. The molecule has 1 amide bonds. The SMILES string of the molecule is CCCn1ncnc1CNC(C)C(=O)N1CCCCC1. The molecule has 2 heterocycles. The van der Waals surface area contributed by atoms with Crippen molar-refractivity contribution in [2.45, 2.75) is 58.7 Å². The zero-order chi connectivity index (χ0) is 14.4. The van der Waals surface area contributed by atoms with Gasteiger partial charge in [-0.15, -0.1) is 0 Å². The third kappa shape index (κ3) is 3.79. The number of nitrogens with zero attached hydrogens (tertiary/aromatic N) is 4. The summed E-state index contributed by atoms with van der Waals surface area (Å²) in [6, 6.07) is -0.167. The highest BCUT2D eigenvalue weighted by atomic mass is 16.2. The monoisotopic (exact) mass is 279 g/mol. The Morgan fingerprint density at radius 2 is 2.15 bits per heavy atom. The Labute approximate surface area is 120 Å². The van der Waals surface area contributed by atoms with Crippen molar-refractivity contribution in [2.24, 2.45) is 0 Å². The first-order valence-electron chi connectivity index (χ1n) is 7.61. The van der Waals surface area contributed by atoms with Crippen LogP contribution in [0.25, 0.3) is 0 Å². The van der Waals surface area contributed by atoms with Crippen LogP contribution in [0.5, 0.6) is 0 Å². The molecule has 0 radical (unpaired) electrons. The fourth-order valence-electron chi connectivity index (χ4n) is 2.54. The maximum Gasteiger partial charge on any atom is 0.239 e. The van der Waals surface area contributed by atoms with Crippen molar-refractivity contribution in [3.8, 4) is 0 Å². The molecule has 6 nitrogen and oxygen atoms in total. The van der Waals surface area contributed by atoms with Gasteiger partial charge in [0, 0.05) is 19.6 Å². The predicted octanol–water partition coefficient (Wildman–Crippen LogP) is 1.18. The first-order chi connectivity index (χ1) is 9.72. The van der Waals surface area contributed by atoms with Crippen LogP contribution in [0, 0.1) is 0 Å². The topological polar surface area (TPSA) is 63.1 Å². The molecule has 1 aliphatic heterocycles. The summed E-state index contributed by atoms with van der Waals surface area (Å²) in [7, 11) is 0. The van der Waals surface area contributed by atoms with E-state index in [1.807, 2.05) is 16.5 Å². The number of hydrogen-bond acceptors (Lipinski definition) is 4. The Bertz CT molecular complexity index is 425. The van der Waals surface area contributed by atoms with Crippen LogP contribution in [0.15, 0.2) is 6.33 Å². The van der Waals surface area contributed by atoms with Crippen LogP contribution in [-0.2, 0) is 17.9 Å². The van der Waals surface area contributed by atoms with Crippen LogP contribution in [0.4, 0.5) is 0 Å². The number of carbonyl (C=O) groups excluding carboxylic acids is 1. The summed E-state index contributed by atoms with van der Waals surface area (Å²) in [5.41, 5.74) is 0. The summed E-state index contributed by atoms with van der Waals surface area (Å²) in [6.07, 6.45) is 6.10. The molecule has 0 aliphatic carbocycles. The normalized spacial score (nSPS) is 17.2. The number of hydrogen-bond donors (Lipinski definition) is 1. The summed E-state index contributed by atoms with van der Waals surface area (Å²) in [6.45, 7) is 7.29. The van der Waals surface area contributed by atoms with E-state index in [4.69, 9.17) is 0 Å². The van der Waals surface area contributed by atoms with Crippen LogP contribution in [0.3, 0.4) is 0 Å². The number of aromatic nitrogens is 3. The highest BCUT2D eigenvalue weighted by Gasteiger charge is 2.22. The number of aryl methyl sites for hydroxylation is 1. The molecular formula is C14H25N5O. The number of carbonyl (C=O) groups is 1. The highest BCUT2D eigenvalue weighted by Crippen LogP contribution is 2.10. The third-order valence-electron chi connectivity index (χ3n) is 3.74. The van der Waals surface area contributed by atoms with E-state index < -0.39 is 0 Å². The van der Waals surface area contributed by atoms with Crippen molar-refractivity contribution in [1.29, 1.82) is 0 Å². The number of amides is 1. The van der Waals surface area contributed by atoms with Crippen LogP contribution >= 0.6 is 0 Å². The number of piperidine rings is 1. The standard InChI is InChI=1S/C14H25N5O/c1-3-7-19-13(16-11-17-19)10-15-12(2)14(20)18-8-5-4-6-9-18/h11-12,15H,3-10H2,1-2H3. The van der Waals surface area contributed by atoms with E-state index in [0.29, 0.717) is 6.54 Å². The van der Waals surface area contributed by atoms with Crippen LogP contribution < -0.4 is 5.32 Å². The molecule has 2 rings (SSSR count). The second-order valence-electron chi connectivity index (χ2n) is 5.39. The van der Waals surface area contributed by atoms with Crippen molar-refractivity contribution in [1.82, 2.24) is 25.0 Å². The zero-order valence-electron chi connectivity index (χ0n) is 12.5. The predicted molar refractivity (Wildman–Crippen MR) is 77.0 cm³/mol. The molecule has 0 spiro atoms. The van der Waals surface area contributed by atoms with Gasteiger partial charge in [0.1, 0.15) is 12.2 Å². The van der Waals surface area contributed by atoms with Crippen molar-refractivity contribution >= 4 is 5.91 Å². The maximum atomic E-state index is 12.3. The quantitative estimate of drug-likeness (QED) is 0.849. The van der Waals surface area contributed by atoms with Gasteiger partial charge in [0.25, 0.3) is 0 Å². The van der Waals surface area contributed by atoms with Gasteiger partial charge in [-0.05, 0) is 32.6 Å². The number of rotatable bonds is 6.